The lowest BCUT2D eigenvalue weighted by molar-refractivity contribution is -0.143. The molecule has 0 heterocycles. The van der Waals surface area contributed by atoms with Crippen LogP contribution in [0.15, 0.2) is 42.5 Å². The maximum atomic E-state index is 12.3. The SMILES string of the molecule is COc1ccc(C(=O)COC(=O)CCOc2ccc(C(C)(C)C)cc2)c(OC)c1. The van der Waals surface area contributed by atoms with Gasteiger partial charge in [0.1, 0.15) is 17.2 Å². The van der Waals surface area contributed by atoms with Crippen LogP contribution in [0, 0.1) is 0 Å². The predicted octanol–water partition coefficient (Wildman–Crippen LogP) is 4.20. The van der Waals surface area contributed by atoms with Crippen molar-refractivity contribution < 1.29 is 28.5 Å². The topological polar surface area (TPSA) is 71.1 Å². The van der Waals surface area contributed by atoms with Gasteiger partial charge >= 0.3 is 5.97 Å². The number of esters is 1. The largest absolute Gasteiger partial charge is 0.497 e. The molecule has 2 aromatic rings. The fourth-order valence-electron chi connectivity index (χ4n) is 2.63. The lowest BCUT2D eigenvalue weighted by Gasteiger charge is -2.19. The van der Waals surface area contributed by atoms with Crippen LogP contribution in [0.3, 0.4) is 0 Å². The van der Waals surface area contributed by atoms with Crippen LogP contribution in [-0.2, 0) is 14.9 Å². The molecule has 0 aliphatic carbocycles. The number of hydrogen-bond donors (Lipinski definition) is 0. The Morgan fingerprint density at radius 3 is 2.14 bits per heavy atom. The minimum absolute atomic E-state index is 0.0497. The number of carbonyl (C=O) groups excluding carboxylic acids is 2. The van der Waals surface area contributed by atoms with Crippen LogP contribution >= 0.6 is 0 Å². The smallest absolute Gasteiger partial charge is 0.309 e. The van der Waals surface area contributed by atoms with Gasteiger partial charge in [-0.15, -0.1) is 0 Å². The Kier molecular flexibility index (Phi) is 7.65. The van der Waals surface area contributed by atoms with Crippen LogP contribution in [0.2, 0.25) is 0 Å². The van der Waals surface area contributed by atoms with Gasteiger partial charge in [0.15, 0.2) is 6.61 Å². The molecule has 156 valence electrons. The van der Waals surface area contributed by atoms with E-state index in [2.05, 4.69) is 20.8 Å². The normalized spacial score (nSPS) is 10.9. The molecule has 0 spiro atoms. The molecule has 0 amide bonds. The van der Waals surface area contributed by atoms with Crippen molar-refractivity contribution in [2.24, 2.45) is 0 Å². The fourth-order valence-corrected chi connectivity index (χ4v) is 2.63. The zero-order valence-electron chi connectivity index (χ0n) is 17.6. The van der Waals surface area contributed by atoms with Crippen molar-refractivity contribution in [3.8, 4) is 17.2 Å². The second-order valence-electron chi connectivity index (χ2n) is 7.52. The number of rotatable bonds is 9. The van der Waals surface area contributed by atoms with Crippen LogP contribution in [0.25, 0.3) is 0 Å². The number of Topliss-reactive ketones (excluding diaryl/α,β-unsaturated/α-hetero) is 1. The van der Waals surface area contributed by atoms with Gasteiger partial charge in [-0.05, 0) is 35.2 Å². The van der Waals surface area contributed by atoms with E-state index in [1.165, 1.54) is 19.8 Å². The first-order chi connectivity index (χ1) is 13.7. The molecule has 6 heteroatoms. The van der Waals surface area contributed by atoms with Crippen molar-refractivity contribution in [3.05, 3.63) is 53.6 Å². The molecule has 0 aliphatic rings. The molecule has 0 unspecified atom stereocenters. The lowest BCUT2D eigenvalue weighted by atomic mass is 9.87. The van der Waals surface area contributed by atoms with Crippen molar-refractivity contribution in [2.75, 3.05) is 27.4 Å². The Hall–Kier alpha value is -3.02. The maximum Gasteiger partial charge on any atom is 0.309 e. The average molecular weight is 400 g/mol. The van der Waals surface area contributed by atoms with Gasteiger partial charge in [-0.1, -0.05) is 32.9 Å². The Morgan fingerprint density at radius 1 is 0.897 bits per heavy atom. The Morgan fingerprint density at radius 2 is 1.55 bits per heavy atom. The van der Waals surface area contributed by atoms with Crippen molar-refractivity contribution in [1.82, 2.24) is 0 Å². The van der Waals surface area contributed by atoms with Crippen molar-refractivity contribution >= 4 is 11.8 Å². The first-order valence-corrected chi connectivity index (χ1v) is 9.39. The standard InChI is InChI=1S/C23H28O6/c1-23(2,3)16-6-8-17(9-7-16)28-13-12-22(25)29-15-20(24)19-11-10-18(26-4)14-21(19)27-5/h6-11,14H,12-13,15H2,1-5H3. The minimum atomic E-state index is -0.503. The van der Waals surface area contributed by atoms with Gasteiger partial charge < -0.3 is 18.9 Å². The van der Waals surface area contributed by atoms with Gasteiger partial charge in [-0.25, -0.2) is 0 Å². The molecule has 0 radical (unpaired) electrons. The van der Waals surface area contributed by atoms with E-state index in [0.717, 1.165) is 0 Å². The van der Waals surface area contributed by atoms with Crippen molar-refractivity contribution in [1.29, 1.82) is 0 Å². The second kappa shape index (κ2) is 9.96. The summed E-state index contributed by atoms with van der Waals surface area (Å²) in [4.78, 5) is 24.2. The fraction of sp³-hybridized carbons (Fsp3) is 0.391. The molecule has 0 bridgehead atoms. The Labute approximate surface area is 171 Å². The summed E-state index contributed by atoms with van der Waals surface area (Å²) in [6.45, 7) is 6.24. The lowest BCUT2D eigenvalue weighted by Crippen LogP contribution is -2.16. The molecular formula is C23H28O6. The quantitative estimate of drug-likeness (QED) is 0.464. The van der Waals surface area contributed by atoms with E-state index in [1.54, 1.807) is 18.2 Å². The van der Waals surface area contributed by atoms with Crippen LogP contribution in [0.5, 0.6) is 17.2 Å². The maximum absolute atomic E-state index is 12.3. The summed E-state index contributed by atoms with van der Waals surface area (Å²) in [6, 6.07) is 12.6. The molecular weight excluding hydrogens is 372 g/mol. The molecule has 6 nitrogen and oxygen atoms in total. The zero-order chi connectivity index (χ0) is 21.4. The summed E-state index contributed by atoms with van der Waals surface area (Å²) in [5.74, 6) is 0.772. The Bertz CT molecular complexity index is 833. The van der Waals surface area contributed by atoms with E-state index < -0.39 is 5.97 Å². The highest BCUT2D eigenvalue weighted by Gasteiger charge is 2.16. The highest BCUT2D eigenvalue weighted by Crippen LogP contribution is 2.25. The molecule has 0 aromatic heterocycles. The summed E-state index contributed by atoms with van der Waals surface area (Å²) in [5.41, 5.74) is 1.61. The minimum Gasteiger partial charge on any atom is -0.497 e. The van der Waals surface area contributed by atoms with E-state index in [0.29, 0.717) is 22.8 Å². The zero-order valence-corrected chi connectivity index (χ0v) is 17.6. The molecule has 0 aliphatic heterocycles. The number of hydrogen-bond acceptors (Lipinski definition) is 6. The molecule has 0 atom stereocenters. The third kappa shape index (κ3) is 6.52. The van der Waals surface area contributed by atoms with Crippen LogP contribution in [0.1, 0.15) is 43.1 Å². The van der Waals surface area contributed by atoms with Crippen LogP contribution in [0.4, 0.5) is 0 Å². The first-order valence-electron chi connectivity index (χ1n) is 9.39. The van der Waals surface area contributed by atoms with Crippen LogP contribution < -0.4 is 14.2 Å². The summed E-state index contributed by atoms with van der Waals surface area (Å²) in [7, 11) is 2.99. The van der Waals surface area contributed by atoms with E-state index in [4.69, 9.17) is 18.9 Å². The number of carbonyl (C=O) groups is 2. The van der Waals surface area contributed by atoms with Gasteiger partial charge in [0.2, 0.25) is 5.78 Å². The van der Waals surface area contributed by atoms with Crippen molar-refractivity contribution in [2.45, 2.75) is 32.6 Å². The highest BCUT2D eigenvalue weighted by molar-refractivity contribution is 6.00. The third-order valence-electron chi connectivity index (χ3n) is 4.37. The molecule has 0 saturated heterocycles. The van der Waals surface area contributed by atoms with Gasteiger partial charge in [-0.3, -0.25) is 9.59 Å². The van der Waals surface area contributed by atoms with Crippen molar-refractivity contribution in [3.63, 3.8) is 0 Å². The van der Waals surface area contributed by atoms with Gasteiger partial charge in [0, 0.05) is 6.07 Å². The molecule has 2 aromatic carbocycles. The average Bonchev–Trinajstić information content (AvgIpc) is 2.71. The summed E-state index contributed by atoms with van der Waals surface area (Å²) >= 11 is 0. The van der Waals surface area contributed by atoms with Gasteiger partial charge in [-0.2, -0.15) is 0 Å². The summed E-state index contributed by atoms with van der Waals surface area (Å²) < 4.78 is 20.9. The van der Waals surface area contributed by atoms with E-state index >= 15 is 0 Å². The summed E-state index contributed by atoms with van der Waals surface area (Å²) in [6.07, 6.45) is 0.0497. The molecule has 0 N–H and O–H groups in total. The monoisotopic (exact) mass is 400 g/mol. The van der Waals surface area contributed by atoms with Gasteiger partial charge in [0.25, 0.3) is 0 Å². The number of ketones is 1. The second-order valence-corrected chi connectivity index (χ2v) is 7.52. The predicted molar refractivity (Wildman–Crippen MR) is 110 cm³/mol. The Balaban J connectivity index is 1.79. The van der Waals surface area contributed by atoms with E-state index in [9.17, 15) is 9.59 Å². The van der Waals surface area contributed by atoms with Gasteiger partial charge in [0.05, 0.1) is 32.8 Å². The number of benzene rings is 2. The van der Waals surface area contributed by atoms with E-state index in [1.807, 2.05) is 24.3 Å². The number of ether oxygens (including phenoxy) is 4. The third-order valence-corrected chi connectivity index (χ3v) is 4.37. The first kappa shape index (κ1) is 22.3. The molecule has 0 fully saturated rings. The molecule has 0 saturated carbocycles. The number of methoxy groups -OCH3 is 2. The summed E-state index contributed by atoms with van der Waals surface area (Å²) in [5, 5.41) is 0. The highest BCUT2D eigenvalue weighted by atomic mass is 16.5. The molecule has 2 rings (SSSR count). The molecule has 29 heavy (non-hydrogen) atoms. The van der Waals surface area contributed by atoms with E-state index in [-0.39, 0.29) is 30.8 Å². The van der Waals surface area contributed by atoms with Crippen LogP contribution in [-0.4, -0.2) is 39.2 Å².